The van der Waals surface area contributed by atoms with Gasteiger partial charge in [0.2, 0.25) is 0 Å². The molecule has 0 saturated carbocycles. The topological polar surface area (TPSA) is 55.1 Å². The zero-order chi connectivity index (χ0) is 13.1. The molecular weight excluding hydrogens is 228 g/mol. The van der Waals surface area contributed by atoms with E-state index in [4.69, 9.17) is 0 Å². The Morgan fingerprint density at radius 3 is 2.61 bits per heavy atom. The van der Waals surface area contributed by atoms with Gasteiger partial charge in [-0.2, -0.15) is 0 Å². The Balaban J connectivity index is 2.49. The van der Waals surface area contributed by atoms with Gasteiger partial charge in [0, 0.05) is 6.42 Å². The Morgan fingerprint density at radius 1 is 1.39 bits per heavy atom. The van der Waals surface area contributed by atoms with E-state index in [0.717, 1.165) is 11.4 Å². The van der Waals surface area contributed by atoms with Crippen molar-refractivity contribution in [2.75, 3.05) is 0 Å². The monoisotopic (exact) mass is 244 g/mol. The Bertz CT molecular complexity index is 546. The molecule has 0 spiro atoms. The van der Waals surface area contributed by atoms with Crippen molar-refractivity contribution in [2.45, 2.75) is 26.3 Å². The maximum atomic E-state index is 11.2. The summed E-state index contributed by atoms with van der Waals surface area (Å²) in [4.78, 5) is 15.4. The van der Waals surface area contributed by atoms with E-state index in [2.05, 4.69) is 4.98 Å². The smallest absolute Gasteiger partial charge is 0.354 e. The van der Waals surface area contributed by atoms with E-state index in [1.165, 1.54) is 6.20 Å². The summed E-state index contributed by atoms with van der Waals surface area (Å²) in [6.45, 7) is 3.96. The second kappa shape index (κ2) is 5.04. The van der Waals surface area contributed by atoms with E-state index in [-0.39, 0.29) is 11.7 Å². The van der Waals surface area contributed by atoms with Gasteiger partial charge in [-0.25, -0.2) is 9.78 Å². The summed E-state index contributed by atoms with van der Waals surface area (Å²) in [5, 5.41) is 9.21. The van der Waals surface area contributed by atoms with Gasteiger partial charge in [-0.15, -0.1) is 0 Å². The molecule has 0 bridgehead atoms. The lowest BCUT2D eigenvalue weighted by Gasteiger charge is -2.18. The Kier molecular flexibility index (Phi) is 3.46. The average Bonchev–Trinajstić information content (AvgIpc) is 2.82. The second-order valence-electron chi connectivity index (χ2n) is 4.18. The van der Waals surface area contributed by atoms with Crippen molar-refractivity contribution in [1.82, 2.24) is 9.55 Å². The molecule has 1 aromatic carbocycles. The van der Waals surface area contributed by atoms with Crippen molar-refractivity contribution in [1.29, 1.82) is 0 Å². The van der Waals surface area contributed by atoms with Crippen LogP contribution in [0.4, 0.5) is 0 Å². The Morgan fingerprint density at radius 2 is 2.06 bits per heavy atom. The minimum absolute atomic E-state index is 0.0326. The van der Waals surface area contributed by atoms with Gasteiger partial charge >= 0.3 is 5.97 Å². The molecule has 18 heavy (non-hydrogen) atoms. The van der Waals surface area contributed by atoms with Crippen LogP contribution >= 0.6 is 0 Å². The Hall–Kier alpha value is -2.10. The third-order valence-electron chi connectivity index (χ3n) is 3.08. The number of benzene rings is 1. The number of carboxylic acids is 1. The van der Waals surface area contributed by atoms with Crippen LogP contribution in [-0.2, 0) is 6.42 Å². The maximum Gasteiger partial charge on any atom is 0.354 e. The summed E-state index contributed by atoms with van der Waals surface area (Å²) in [6, 6.07) is 9.81. The van der Waals surface area contributed by atoms with Gasteiger partial charge in [0.25, 0.3) is 0 Å². The molecule has 0 aliphatic heterocycles. The summed E-state index contributed by atoms with van der Waals surface area (Å²) in [7, 11) is 0. The normalized spacial score (nSPS) is 12.3. The first-order valence-electron chi connectivity index (χ1n) is 5.99. The number of carbonyl (C=O) groups is 1. The van der Waals surface area contributed by atoms with Crippen LogP contribution < -0.4 is 0 Å². The number of hydrogen-bond acceptors (Lipinski definition) is 2. The fourth-order valence-corrected chi connectivity index (χ4v) is 2.13. The molecule has 1 heterocycles. The molecule has 4 nitrogen and oxygen atoms in total. The zero-order valence-electron chi connectivity index (χ0n) is 10.5. The molecule has 0 amide bonds. The number of aromatic carboxylic acids is 1. The van der Waals surface area contributed by atoms with E-state index in [0.29, 0.717) is 6.42 Å². The number of carboxylic acid groups (broad SMARTS) is 1. The number of nitrogens with zero attached hydrogens (tertiary/aromatic N) is 2. The number of rotatable bonds is 4. The first kappa shape index (κ1) is 12.4. The van der Waals surface area contributed by atoms with Crippen molar-refractivity contribution < 1.29 is 9.90 Å². The van der Waals surface area contributed by atoms with Gasteiger partial charge in [-0.05, 0) is 12.5 Å². The highest BCUT2D eigenvalue weighted by Gasteiger charge is 2.19. The lowest BCUT2D eigenvalue weighted by molar-refractivity contribution is 0.0683. The Labute approximate surface area is 106 Å². The minimum Gasteiger partial charge on any atom is -0.477 e. The molecule has 2 rings (SSSR count). The van der Waals surface area contributed by atoms with Crippen LogP contribution in [0.15, 0.2) is 36.5 Å². The van der Waals surface area contributed by atoms with Gasteiger partial charge in [0.05, 0.1) is 12.2 Å². The van der Waals surface area contributed by atoms with Crippen molar-refractivity contribution in [3.63, 3.8) is 0 Å². The fraction of sp³-hybridized carbons (Fsp3) is 0.286. The number of hydrogen-bond donors (Lipinski definition) is 1. The molecule has 94 valence electrons. The molecule has 1 unspecified atom stereocenters. The maximum absolute atomic E-state index is 11.2. The van der Waals surface area contributed by atoms with E-state index in [9.17, 15) is 9.90 Å². The standard InChI is InChI=1S/C14H16N2O2/c1-3-13-15-9-12(14(17)18)16(13)10(2)11-7-5-4-6-8-11/h4-10H,3H2,1-2H3,(H,17,18). The predicted molar refractivity (Wildman–Crippen MR) is 68.8 cm³/mol. The summed E-state index contributed by atoms with van der Waals surface area (Å²) >= 11 is 0. The minimum atomic E-state index is -0.940. The highest BCUT2D eigenvalue weighted by atomic mass is 16.4. The molecule has 1 aromatic heterocycles. The van der Waals surface area contributed by atoms with Crippen LogP contribution in [0.1, 0.15) is 41.8 Å². The van der Waals surface area contributed by atoms with Crippen LogP contribution in [0.3, 0.4) is 0 Å². The van der Waals surface area contributed by atoms with Crippen molar-refractivity contribution >= 4 is 5.97 Å². The highest BCUT2D eigenvalue weighted by molar-refractivity contribution is 5.85. The van der Waals surface area contributed by atoms with Crippen LogP contribution in [0.2, 0.25) is 0 Å². The van der Waals surface area contributed by atoms with Crippen LogP contribution in [-0.4, -0.2) is 20.6 Å². The van der Waals surface area contributed by atoms with E-state index < -0.39 is 5.97 Å². The van der Waals surface area contributed by atoms with Gasteiger partial charge in [-0.1, -0.05) is 37.3 Å². The van der Waals surface area contributed by atoms with E-state index in [1.807, 2.05) is 44.2 Å². The molecule has 0 fully saturated rings. The summed E-state index contributed by atoms with van der Waals surface area (Å²) in [5.74, 6) is -0.145. The third-order valence-corrected chi connectivity index (χ3v) is 3.08. The van der Waals surface area contributed by atoms with Gasteiger partial charge in [-0.3, -0.25) is 0 Å². The van der Waals surface area contributed by atoms with Crippen LogP contribution in [0.25, 0.3) is 0 Å². The molecule has 1 N–H and O–H groups in total. The number of aryl methyl sites for hydroxylation is 1. The summed E-state index contributed by atoms with van der Waals surface area (Å²) in [6.07, 6.45) is 2.14. The average molecular weight is 244 g/mol. The molecule has 1 atom stereocenters. The SMILES string of the molecule is CCc1ncc(C(=O)O)n1C(C)c1ccccc1. The quantitative estimate of drug-likeness (QED) is 0.899. The molecule has 0 saturated heterocycles. The largest absolute Gasteiger partial charge is 0.477 e. The third kappa shape index (κ3) is 2.14. The van der Waals surface area contributed by atoms with E-state index >= 15 is 0 Å². The second-order valence-corrected chi connectivity index (χ2v) is 4.18. The van der Waals surface area contributed by atoms with Gasteiger partial charge < -0.3 is 9.67 Å². The summed E-state index contributed by atoms with van der Waals surface area (Å²) < 4.78 is 1.79. The van der Waals surface area contributed by atoms with E-state index in [1.54, 1.807) is 4.57 Å². The van der Waals surface area contributed by atoms with Gasteiger partial charge in [0.1, 0.15) is 11.5 Å². The zero-order valence-corrected chi connectivity index (χ0v) is 10.5. The molecule has 0 aliphatic carbocycles. The summed E-state index contributed by atoms with van der Waals surface area (Å²) in [5.41, 5.74) is 1.32. The molecule has 2 aromatic rings. The lowest BCUT2D eigenvalue weighted by Crippen LogP contribution is -2.16. The molecule has 0 radical (unpaired) electrons. The van der Waals surface area contributed by atoms with Crippen molar-refractivity contribution in [3.8, 4) is 0 Å². The van der Waals surface area contributed by atoms with Crippen LogP contribution in [0.5, 0.6) is 0 Å². The first-order valence-corrected chi connectivity index (χ1v) is 5.99. The first-order chi connectivity index (χ1) is 8.65. The fourth-order valence-electron chi connectivity index (χ4n) is 2.13. The van der Waals surface area contributed by atoms with Crippen molar-refractivity contribution in [3.05, 3.63) is 53.6 Å². The van der Waals surface area contributed by atoms with Gasteiger partial charge in [0.15, 0.2) is 0 Å². The van der Waals surface area contributed by atoms with Crippen molar-refractivity contribution in [2.24, 2.45) is 0 Å². The molecule has 4 heteroatoms. The lowest BCUT2D eigenvalue weighted by atomic mass is 10.1. The molecular formula is C14H16N2O2. The molecule has 0 aliphatic rings. The highest BCUT2D eigenvalue weighted by Crippen LogP contribution is 2.22. The number of imidazole rings is 1. The van der Waals surface area contributed by atoms with Crippen LogP contribution in [0, 0.1) is 0 Å². The predicted octanol–water partition coefficient (Wildman–Crippen LogP) is 2.75. The number of aromatic nitrogens is 2.